The van der Waals surface area contributed by atoms with Crippen molar-refractivity contribution in [1.82, 2.24) is 34.2 Å². The summed E-state index contributed by atoms with van der Waals surface area (Å²) in [5.74, 6) is -0.503. The number of carbonyl (C=O) groups is 1. The van der Waals surface area contributed by atoms with Gasteiger partial charge in [-0.25, -0.2) is 9.37 Å². The van der Waals surface area contributed by atoms with E-state index in [1.807, 2.05) is 45.9 Å². The fourth-order valence-corrected chi connectivity index (χ4v) is 6.01. The SMILES string of the molecule is C=CC(=O)N1CC(F)(Cn2c(=O)c(=O)n(-c3c(C)ccnc3C(C)C)c3nc(-c4cccc5c(C)n[nH]c45)c(Cl)cc32)C1. The van der Waals surface area contributed by atoms with Crippen LogP contribution in [0.2, 0.25) is 5.02 Å². The predicted octanol–water partition coefficient (Wildman–Crippen LogP) is 4.62. The maximum Gasteiger partial charge on any atom is 0.322 e. The number of nitrogens with zero attached hydrogens (tertiary/aromatic N) is 6. The molecule has 12 heteroatoms. The summed E-state index contributed by atoms with van der Waals surface area (Å²) in [5, 5.41) is 8.43. The van der Waals surface area contributed by atoms with Crippen LogP contribution >= 0.6 is 11.6 Å². The molecule has 0 saturated carbocycles. The van der Waals surface area contributed by atoms with Crippen LogP contribution < -0.4 is 11.1 Å². The molecule has 5 aromatic rings. The van der Waals surface area contributed by atoms with E-state index < -0.39 is 29.2 Å². The normalized spacial score (nSPS) is 14.4. The van der Waals surface area contributed by atoms with E-state index in [1.54, 1.807) is 12.3 Å². The summed E-state index contributed by atoms with van der Waals surface area (Å²) in [7, 11) is 0. The molecule has 0 radical (unpaired) electrons. The van der Waals surface area contributed by atoms with Crippen LogP contribution in [0.4, 0.5) is 4.39 Å². The van der Waals surface area contributed by atoms with E-state index in [1.165, 1.54) is 15.5 Å². The lowest BCUT2D eigenvalue weighted by atomic mass is 9.95. The van der Waals surface area contributed by atoms with E-state index >= 15 is 4.39 Å². The molecule has 1 amide bonds. The molecule has 220 valence electrons. The van der Waals surface area contributed by atoms with Gasteiger partial charge < -0.3 is 4.90 Å². The Morgan fingerprint density at radius 3 is 2.65 bits per heavy atom. The second kappa shape index (κ2) is 10.3. The number of halogens is 2. The van der Waals surface area contributed by atoms with E-state index in [-0.39, 0.29) is 35.2 Å². The summed E-state index contributed by atoms with van der Waals surface area (Å²) >= 11 is 6.85. The molecule has 1 N–H and O–H groups in total. The number of aromatic nitrogens is 6. The van der Waals surface area contributed by atoms with Gasteiger partial charge in [-0.2, -0.15) is 5.10 Å². The van der Waals surface area contributed by atoms with Crippen molar-refractivity contribution in [2.45, 2.75) is 45.8 Å². The van der Waals surface area contributed by atoms with Crippen molar-refractivity contribution >= 4 is 39.6 Å². The van der Waals surface area contributed by atoms with Gasteiger partial charge in [0, 0.05) is 17.1 Å². The van der Waals surface area contributed by atoms with Gasteiger partial charge in [-0.05, 0) is 43.5 Å². The number of likely N-dealkylation sites (tertiary alicyclic amines) is 1. The Morgan fingerprint density at radius 2 is 1.95 bits per heavy atom. The first-order valence-corrected chi connectivity index (χ1v) is 14.2. The highest BCUT2D eigenvalue weighted by atomic mass is 35.5. The molecule has 5 heterocycles. The molecule has 0 atom stereocenters. The minimum Gasteiger partial charge on any atom is -0.332 e. The average Bonchev–Trinajstić information content (AvgIpc) is 3.35. The largest absolute Gasteiger partial charge is 0.332 e. The molecule has 6 rings (SSSR count). The summed E-state index contributed by atoms with van der Waals surface area (Å²) in [6, 6.07) is 8.91. The van der Waals surface area contributed by atoms with Crippen molar-refractivity contribution in [3.05, 3.63) is 91.9 Å². The first kappa shape index (κ1) is 28.5. The van der Waals surface area contributed by atoms with Crippen LogP contribution in [0.1, 0.15) is 36.7 Å². The minimum absolute atomic E-state index is 0.0924. The molecule has 1 fully saturated rings. The zero-order chi connectivity index (χ0) is 30.8. The molecule has 4 aromatic heterocycles. The third-order valence-corrected chi connectivity index (χ3v) is 8.20. The van der Waals surface area contributed by atoms with Crippen molar-refractivity contribution in [2.24, 2.45) is 0 Å². The predicted molar refractivity (Wildman–Crippen MR) is 164 cm³/mol. The molecule has 43 heavy (non-hydrogen) atoms. The highest BCUT2D eigenvalue weighted by Crippen LogP contribution is 2.36. The topological polar surface area (TPSA) is 119 Å². The van der Waals surface area contributed by atoms with Gasteiger partial charge in [0.1, 0.15) is 0 Å². The Labute approximate surface area is 250 Å². The number of aromatic amines is 1. The number of benzene rings is 1. The Bertz CT molecular complexity index is 2090. The molecular formula is C31H29ClFN7O3. The van der Waals surface area contributed by atoms with Gasteiger partial charge in [-0.15, -0.1) is 0 Å². The zero-order valence-corrected chi connectivity index (χ0v) is 24.9. The van der Waals surface area contributed by atoms with E-state index in [0.717, 1.165) is 21.7 Å². The molecule has 1 aliphatic heterocycles. The summed E-state index contributed by atoms with van der Waals surface area (Å²) in [6.07, 6.45) is 2.76. The summed E-state index contributed by atoms with van der Waals surface area (Å²) in [5.41, 5.74) is 0.784. The minimum atomic E-state index is -1.94. The Morgan fingerprint density at radius 1 is 1.21 bits per heavy atom. The maximum absolute atomic E-state index is 15.9. The highest BCUT2D eigenvalue weighted by Gasteiger charge is 2.46. The second-order valence-corrected chi connectivity index (χ2v) is 11.7. The number of pyridine rings is 2. The number of fused-ring (bicyclic) bond motifs is 2. The van der Waals surface area contributed by atoms with E-state index in [4.69, 9.17) is 16.6 Å². The van der Waals surface area contributed by atoms with Crippen LogP contribution in [0.25, 0.3) is 39.0 Å². The van der Waals surface area contributed by atoms with Gasteiger partial charge in [0.15, 0.2) is 11.3 Å². The molecule has 1 aromatic carbocycles. The van der Waals surface area contributed by atoms with Crippen LogP contribution in [0.15, 0.2) is 58.8 Å². The number of hydrogen-bond donors (Lipinski definition) is 1. The number of amides is 1. The van der Waals surface area contributed by atoms with E-state index in [0.29, 0.717) is 33.7 Å². The molecule has 0 aliphatic carbocycles. The van der Waals surface area contributed by atoms with Crippen LogP contribution in [0.5, 0.6) is 0 Å². The van der Waals surface area contributed by atoms with Gasteiger partial charge in [0.2, 0.25) is 5.91 Å². The molecule has 1 saturated heterocycles. The van der Waals surface area contributed by atoms with E-state index in [2.05, 4.69) is 21.8 Å². The average molecular weight is 602 g/mol. The van der Waals surface area contributed by atoms with Crippen LogP contribution in [0, 0.1) is 13.8 Å². The van der Waals surface area contributed by atoms with Crippen LogP contribution in [-0.2, 0) is 11.3 Å². The first-order chi connectivity index (χ1) is 20.4. The number of hydrogen-bond acceptors (Lipinski definition) is 6. The fraction of sp³-hybridized carbons (Fsp3) is 0.290. The Kier molecular flexibility index (Phi) is 6.80. The number of para-hydroxylation sites is 1. The number of carbonyl (C=O) groups excluding carboxylic acids is 1. The summed E-state index contributed by atoms with van der Waals surface area (Å²) in [6.45, 7) is 10.1. The number of aryl methyl sites for hydroxylation is 2. The third-order valence-electron chi connectivity index (χ3n) is 7.92. The summed E-state index contributed by atoms with van der Waals surface area (Å²) < 4.78 is 18.2. The number of H-pyrrole nitrogens is 1. The van der Waals surface area contributed by atoms with Crippen molar-refractivity contribution in [3.63, 3.8) is 0 Å². The highest BCUT2D eigenvalue weighted by molar-refractivity contribution is 6.34. The van der Waals surface area contributed by atoms with Gasteiger partial charge >= 0.3 is 11.1 Å². The molecule has 1 aliphatic rings. The molecule has 10 nitrogen and oxygen atoms in total. The lowest BCUT2D eigenvalue weighted by Crippen LogP contribution is -2.63. The molecule has 0 bridgehead atoms. The van der Waals surface area contributed by atoms with Crippen LogP contribution in [-0.4, -0.2) is 58.9 Å². The van der Waals surface area contributed by atoms with Crippen molar-refractivity contribution < 1.29 is 9.18 Å². The maximum atomic E-state index is 15.9. The third kappa shape index (κ3) is 4.55. The molecule has 0 spiro atoms. The lowest BCUT2D eigenvalue weighted by molar-refractivity contribution is -0.141. The lowest BCUT2D eigenvalue weighted by Gasteiger charge is -2.44. The van der Waals surface area contributed by atoms with Crippen molar-refractivity contribution in [2.75, 3.05) is 13.1 Å². The Hall–Kier alpha value is -4.64. The smallest absolute Gasteiger partial charge is 0.322 e. The summed E-state index contributed by atoms with van der Waals surface area (Å²) in [4.78, 5) is 50.5. The second-order valence-electron chi connectivity index (χ2n) is 11.3. The van der Waals surface area contributed by atoms with Gasteiger partial charge in [0.05, 0.1) is 58.5 Å². The van der Waals surface area contributed by atoms with Crippen molar-refractivity contribution in [1.29, 1.82) is 0 Å². The zero-order valence-electron chi connectivity index (χ0n) is 24.1. The monoisotopic (exact) mass is 601 g/mol. The fourth-order valence-electron chi connectivity index (χ4n) is 5.77. The van der Waals surface area contributed by atoms with Gasteiger partial charge in [-0.3, -0.25) is 33.6 Å². The molecular weight excluding hydrogens is 573 g/mol. The number of nitrogens with one attached hydrogen (secondary N) is 1. The number of rotatable bonds is 6. The standard InChI is InChI=1S/C31H29ClFN7O3/c1-6-23(41)38-13-31(33,14-38)15-39-22-12-21(32)26(20-9-7-8-19-18(5)36-37-25(19)20)35-28(22)40(30(43)29(39)42)27-17(4)10-11-34-24(27)16(2)3/h6-12,16H,1,13-15H2,2-5H3,(H,36,37). The quantitative estimate of drug-likeness (QED) is 0.224. The van der Waals surface area contributed by atoms with Gasteiger partial charge in [-0.1, -0.05) is 50.2 Å². The van der Waals surface area contributed by atoms with Crippen molar-refractivity contribution in [3.8, 4) is 16.9 Å². The van der Waals surface area contributed by atoms with E-state index in [9.17, 15) is 14.4 Å². The molecule has 0 unspecified atom stereocenters. The number of alkyl halides is 1. The Balaban J connectivity index is 1.67. The van der Waals surface area contributed by atoms with Gasteiger partial charge in [0.25, 0.3) is 0 Å². The first-order valence-electron chi connectivity index (χ1n) is 13.8. The van der Waals surface area contributed by atoms with Crippen LogP contribution in [0.3, 0.4) is 0 Å².